The van der Waals surface area contributed by atoms with E-state index in [1.165, 1.54) is 0 Å². The minimum Gasteiger partial charge on any atom is -0.377 e. The van der Waals surface area contributed by atoms with Crippen molar-refractivity contribution in [3.63, 3.8) is 0 Å². The van der Waals surface area contributed by atoms with E-state index in [2.05, 4.69) is 6.07 Å². The number of amides is 1. The smallest absolute Gasteiger partial charge is 0.247 e. The van der Waals surface area contributed by atoms with E-state index < -0.39 is 0 Å². The van der Waals surface area contributed by atoms with E-state index in [0.717, 1.165) is 5.56 Å². The van der Waals surface area contributed by atoms with Crippen molar-refractivity contribution < 1.29 is 9.53 Å². The van der Waals surface area contributed by atoms with Gasteiger partial charge in [-0.1, -0.05) is 12.1 Å². The van der Waals surface area contributed by atoms with Gasteiger partial charge in [0.15, 0.2) is 0 Å². The summed E-state index contributed by atoms with van der Waals surface area (Å²) in [6.45, 7) is 5.12. The lowest BCUT2D eigenvalue weighted by Gasteiger charge is -2.38. The van der Waals surface area contributed by atoms with Gasteiger partial charge in [0.25, 0.3) is 0 Å². The molecule has 1 aromatic rings. The molecule has 1 aromatic carbocycles. The quantitative estimate of drug-likeness (QED) is 0.774. The molecule has 1 fully saturated rings. The SMILES string of the molecule is C[C@@H]1COC[C@@H](C)N1C(=O)/C=C\c1cccc(C#N)c1. The summed E-state index contributed by atoms with van der Waals surface area (Å²) in [5.74, 6) is -0.0179. The lowest BCUT2D eigenvalue weighted by atomic mass is 10.1. The summed E-state index contributed by atoms with van der Waals surface area (Å²) in [4.78, 5) is 14.1. The Balaban J connectivity index is 2.10. The van der Waals surface area contributed by atoms with E-state index in [4.69, 9.17) is 10.00 Å². The van der Waals surface area contributed by atoms with Gasteiger partial charge in [0.2, 0.25) is 5.91 Å². The highest BCUT2D eigenvalue weighted by atomic mass is 16.5. The Morgan fingerprint density at radius 2 is 2.10 bits per heavy atom. The van der Waals surface area contributed by atoms with Gasteiger partial charge in [-0.25, -0.2) is 0 Å². The molecule has 0 aliphatic carbocycles. The first-order valence-electron chi connectivity index (χ1n) is 6.70. The second-order valence-corrected chi connectivity index (χ2v) is 5.05. The molecule has 104 valence electrons. The van der Waals surface area contributed by atoms with Crippen LogP contribution in [0.3, 0.4) is 0 Å². The average Bonchev–Trinajstić information content (AvgIpc) is 2.45. The fourth-order valence-electron chi connectivity index (χ4n) is 2.40. The molecule has 0 bridgehead atoms. The van der Waals surface area contributed by atoms with Crippen molar-refractivity contribution in [2.45, 2.75) is 25.9 Å². The first-order valence-corrected chi connectivity index (χ1v) is 6.70. The van der Waals surface area contributed by atoms with Crippen molar-refractivity contribution in [1.29, 1.82) is 5.26 Å². The third kappa shape index (κ3) is 3.25. The molecule has 0 radical (unpaired) electrons. The summed E-state index contributed by atoms with van der Waals surface area (Å²) in [5.41, 5.74) is 1.44. The standard InChI is InChI=1S/C16H18N2O2/c1-12-10-20-11-13(2)18(12)16(19)7-6-14-4-3-5-15(8-14)9-17/h3-8,12-13H,10-11H2,1-2H3/b7-6-/t12-,13-/m1/s1. The number of rotatable bonds is 2. The molecule has 1 saturated heterocycles. The molecule has 20 heavy (non-hydrogen) atoms. The van der Waals surface area contributed by atoms with Crippen LogP contribution in [0.25, 0.3) is 6.08 Å². The molecule has 4 heteroatoms. The summed E-state index contributed by atoms with van der Waals surface area (Å²) >= 11 is 0. The Bertz CT molecular complexity index is 550. The molecule has 2 rings (SSSR count). The first kappa shape index (κ1) is 14.3. The van der Waals surface area contributed by atoms with Gasteiger partial charge in [-0.3, -0.25) is 4.79 Å². The van der Waals surface area contributed by atoms with E-state index in [1.54, 1.807) is 24.3 Å². The van der Waals surface area contributed by atoms with E-state index in [9.17, 15) is 4.79 Å². The highest BCUT2D eigenvalue weighted by molar-refractivity contribution is 5.92. The van der Waals surface area contributed by atoms with E-state index in [-0.39, 0.29) is 18.0 Å². The molecule has 1 amide bonds. The van der Waals surface area contributed by atoms with Gasteiger partial charge in [-0.2, -0.15) is 5.26 Å². The van der Waals surface area contributed by atoms with Crippen LogP contribution in [-0.4, -0.2) is 36.1 Å². The van der Waals surface area contributed by atoms with Gasteiger partial charge in [0, 0.05) is 6.08 Å². The summed E-state index contributed by atoms with van der Waals surface area (Å²) in [5, 5.41) is 8.85. The van der Waals surface area contributed by atoms with Crippen LogP contribution < -0.4 is 0 Å². The Labute approximate surface area is 119 Å². The topological polar surface area (TPSA) is 53.3 Å². The normalized spacial score (nSPS) is 22.8. The lowest BCUT2D eigenvalue weighted by Crippen LogP contribution is -2.51. The predicted molar refractivity (Wildman–Crippen MR) is 76.8 cm³/mol. The molecule has 0 saturated carbocycles. The molecule has 4 nitrogen and oxygen atoms in total. The van der Waals surface area contributed by atoms with Crippen LogP contribution in [0.4, 0.5) is 0 Å². The second-order valence-electron chi connectivity index (χ2n) is 5.05. The second kappa shape index (κ2) is 6.36. The molecular weight excluding hydrogens is 252 g/mol. The van der Waals surface area contributed by atoms with Gasteiger partial charge in [-0.05, 0) is 37.6 Å². The summed E-state index contributed by atoms with van der Waals surface area (Å²) in [6, 6.07) is 9.44. The number of nitriles is 1. The van der Waals surface area contributed by atoms with Crippen LogP contribution in [0.5, 0.6) is 0 Å². The molecule has 0 aromatic heterocycles. The third-order valence-corrected chi connectivity index (χ3v) is 3.36. The molecule has 0 spiro atoms. The Kier molecular flexibility index (Phi) is 4.54. The van der Waals surface area contributed by atoms with Crippen LogP contribution >= 0.6 is 0 Å². The van der Waals surface area contributed by atoms with Gasteiger partial charge in [0.05, 0.1) is 36.9 Å². The van der Waals surface area contributed by atoms with Crippen molar-refractivity contribution in [2.75, 3.05) is 13.2 Å². The maximum absolute atomic E-state index is 12.3. The van der Waals surface area contributed by atoms with Crippen LogP contribution in [0, 0.1) is 11.3 Å². The number of carbonyl (C=O) groups excluding carboxylic acids is 1. The van der Waals surface area contributed by atoms with Gasteiger partial charge in [0.1, 0.15) is 0 Å². The number of ether oxygens (including phenoxy) is 1. The van der Waals surface area contributed by atoms with Crippen molar-refractivity contribution in [3.05, 3.63) is 41.5 Å². The van der Waals surface area contributed by atoms with E-state index >= 15 is 0 Å². The van der Waals surface area contributed by atoms with Crippen LogP contribution in [-0.2, 0) is 9.53 Å². The van der Waals surface area contributed by atoms with Crippen molar-refractivity contribution in [2.24, 2.45) is 0 Å². The lowest BCUT2D eigenvalue weighted by molar-refractivity contribution is -0.138. The van der Waals surface area contributed by atoms with Crippen molar-refractivity contribution in [3.8, 4) is 6.07 Å². The van der Waals surface area contributed by atoms with Gasteiger partial charge >= 0.3 is 0 Å². The predicted octanol–water partition coefficient (Wildman–Crippen LogP) is 2.21. The fourth-order valence-corrected chi connectivity index (χ4v) is 2.40. The molecular formula is C16H18N2O2. The van der Waals surface area contributed by atoms with Gasteiger partial charge < -0.3 is 9.64 Å². The summed E-state index contributed by atoms with van der Waals surface area (Å²) in [6.07, 6.45) is 3.31. The highest BCUT2D eigenvalue weighted by Gasteiger charge is 2.28. The Hall–Kier alpha value is -2.12. The van der Waals surface area contributed by atoms with Crippen molar-refractivity contribution in [1.82, 2.24) is 4.90 Å². The molecule has 0 unspecified atom stereocenters. The molecule has 2 atom stereocenters. The highest BCUT2D eigenvalue weighted by Crippen LogP contribution is 2.14. The molecule has 1 heterocycles. The monoisotopic (exact) mass is 270 g/mol. The fraction of sp³-hybridized carbons (Fsp3) is 0.375. The zero-order valence-electron chi connectivity index (χ0n) is 11.7. The number of carbonyl (C=O) groups is 1. The molecule has 0 N–H and O–H groups in total. The largest absolute Gasteiger partial charge is 0.377 e. The minimum atomic E-state index is -0.0179. The first-order chi connectivity index (χ1) is 9.61. The van der Waals surface area contributed by atoms with Crippen LogP contribution in [0.2, 0.25) is 0 Å². The minimum absolute atomic E-state index is 0.0179. The third-order valence-electron chi connectivity index (χ3n) is 3.36. The average molecular weight is 270 g/mol. The maximum Gasteiger partial charge on any atom is 0.247 e. The van der Waals surface area contributed by atoms with E-state index in [0.29, 0.717) is 18.8 Å². The summed E-state index contributed by atoms with van der Waals surface area (Å²) < 4.78 is 5.41. The number of hydrogen-bond donors (Lipinski definition) is 0. The summed E-state index contributed by atoms with van der Waals surface area (Å²) in [7, 11) is 0. The number of nitrogens with zero attached hydrogens (tertiary/aromatic N) is 2. The number of morpholine rings is 1. The Morgan fingerprint density at radius 3 is 2.75 bits per heavy atom. The zero-order valence-corrected chi connectivity index (χ0v) is 11.7. The maximum atomic E-state index is 12.3. The number of hydrogen-bond acceptors (Lipinski definition) is 3. The van der Waals surface area contributed by atoms with Crippen molar-refractivity contribution >= 4 is 12.0 Å². The molecule has 1 aliphatic heterocycles. The molecule has 1 aliphatic rings. The zero-order chi connectivity index (χ0) is 14.5. The van der Waals surface area contributed by atoms with Crippen LogP contribution in [0.15, 0.2) is 30.3 Å². The van der Waals surface area contributed by atoms with Gasteiger partial charge in [-0.15, -0.1) is 0 Å². The Morgan fingerprint density at radius 1 is 1.40 bits per heavy atom. The van der Waals surface area contributed by atoms with E-state index in [1.807, 2.05) is 30.9 Å². The number of benzene rings is 1. The van der Waals surface area contributed by atoms with Crippen LogP contribution in [0.1, 0.15) is 25.0 Å².